The molecule has 2 aromatic carbocycles. The summed E-state index contributed by atoms with van der Waals surface area (Å²) >= 11 is 0. The fourth-order valence-corrected chi connectivity index (χ4v) is 9.01. The van der Waals surface area contributed by atoms with Crippen LogP contribution in [0.4, 0.5) is 0 Å². The third kappa shape index (κ3) is 2.61. The number of hydrogen-bond acceptors (Lipinski definition) is 0. The fourth-order valence-electron chi connectivity index (χ4n) is 1.92. The third-order valence-electron chi connectivity index (χ3n) is 2.59. The zero-order valence-electron chi connectivity index (χ0n) is 9.80. The van der Waals surface area contributed by atoms with Gasteiger partial charge in [-0.3, -0.25) is 0 Å². The van der Waals surface area contributed by atoms with Crippen LogP contribution in [0.3, 0.4) is 0 Å². The van der Waals surface area contributed by atoms with Crippen molar-refractivity contribution in [3.05, 3.63) is 60.7 Å². The second-order valence-corrected chi connectivity index (χ2v) is 12.7. The second-order valence-electron chi connectivity index (χ2n) is 4.13. The molecule has 0 unspecified atom stereocenters. The van der Waals surface area contributed by atoms with Crippen LogP contribution >= 0.6 is 7.47 Å². The SMILES string of the molecule is C[SiH](C)P(c1ccccc1)c1ccccc1. The lowest BCUT2D eigenvalue weighted by molar-refractivity contribution is 1.76. The van der Waals surface area contributed by atoms with Gasteiger partial charge in [-0.1, -0.05) is 81.2 Å². The van der Waals surface area contributed by atoms with Gasteiger partial charge < -0.3 is 0 Å². The first-order valence-corrected chi connectivity index (χ1v) is 11.0. The largest absolute Gasteiger partial charge is 0.0700 e. The molecule has 0 aliphatic heterocycles. The Morgan fingerprint density at radius 2 is 1.06 bits per heavy atom. The minimum absolute atomic E-state index is 0.0710. The highest BCUT2D eigenvalue weighted by molar-refractivity contribution is 8.00. The monoisotopic (exact) mass is 244 g/mol. The van der Waals surface area contributed by atoms with E-state index < -0.39 is 8.46 Å². The topological polar surface area (TPSA) is 0 Å². The highest BCUT2D eigenvalue weighted by Crippen LogP contribution is 2.36. The molecule has 2 heteroatoms. The average Bonchev–Trinajstić information content (AvgIpc) is 2.31. The summed E-state index contributed by atoms with van der Waals surface area (Å²) in [5.74, 6) is 0. The van der Waals surface area contributed by atoms with Crippen LogP contribution in [0, 0.1) is 0 Å². The van der Waals surface area contributed by atoms with Crippen molar-refractivity contribution in [2.75, 3.05) is 0 Å². The summed E-state index contributed by atoms with van der Waals surface area (Å²) in [5.41, 5.74) is 0. The summed E-state index contributed by atoms with van der Waals surface area (Å²) in [6, 6.07) is 22.0. The molecular formula is C14H17PSi. The molecule has 0 heterocycles. The minimum Gasteiger partial charge on any atom is -0.0677 e. The lowest BCUT2D eigenvalue weighted by Crippen LogP contribution is -2.19. The van der Waals surface area contributed by atoms with Gasteiger partial charge in [-0.25, -0.2) is 0 Å². The van der Waals surface area contributed by atoms with E-state index >= 15 is 0 Å². The molecule has 0 saturated heterocycles. The maximum atomic E-state index is 2.45. The lowest BCUT2D eigenvalue weighted by Gasteiger charge is -2.21. The maximum Gasteiger partial charge on any atom is 0.0700 e. The molecule has 0 amide bonds. The second kappa shape index (κ2) is 5.43. The molecule has 0 N–H and O–H groups in total. The van der Waals surface area contributed by atoms with Crippen molar-refractivity contribution in [3.8, 4) is 0 Å². The third-order valence-corrected chi connectivity index (χ3v) is 10.2. The van der Waals surface area contributed by atoms with Crippen molar-refractivity contribution < 1.29 is 0 Å². The fraction of sp³-hybridized carbons (Fsp3) is 0.143. The summed E-state index contributed by atoms with van der Waals surface area (Å²) in [5, 5.41) is 3.07. The van der Waals surface area contributed by atoms with E-state index in [9.17, 15) is 0 Å². The molecule has 0 aliphatic carbocycles. The molecule has 0 radical (unpaired) electrons. The van der Waals surface area contributed by atoms with Gasteiger partial charge in [0.05, 0.1) is 8.46 Å². The molecule has 0 saturated carbocycles. The Labute approximate surface area is 101 Å². The molecule has 16 heavy (non-hydrogen) atoms. The van der Waals surface area contributed by atoms with E-state index in [0.717, 1.165) is 0 Å². The van der Waals surface area contributed by atoms with Crippen LogP contribution in [0.1, 0.15) is 0 Å². The highest BCUT2D eigenvalue weighted by atomic mass is 31.4. The Balaban J connectivity index is 2.40. The molecule has 0 aliphatic rings. The first kappa shape index (κ1) is 11.6. The van der Waals surface area contributed by atoms with E-state index in [1.807, 2.05) is 0 Å². The van der Waals surface area contributed by atoms with Gasteiger partial charge in [-0.15, -0.1) is 0 Å². The Morgan fingerprint density at radius 3 is 1.38 bits per heavy atom. The summed E-state index contributed by atoms with van der Waals surface area (Å²) < 4.78 is 0. The lowest BCUT2D eigenvalue weighted by atomic mass is 10.4. The average molecular weight is 244 g/mol. The van der Waals surface area contributed by atoms with Crippen molar-refractivity contribution >= 4 is 26.5 Å². The zero-order chi connectivity index (χ0) is 11.4. The van der Waals surface area contributed by atoms with E-state index in [-0.39, 0.29) is 7.47 Å². The Hall–Kier alpha value is -0.913. The summed E-state index contributed by atoms with van der Waals surface area (Å²) in [6.07, 6.45) is 0. The number of benzene rings is 2. The molecule has 82 valence electrons. The molecule has 0 nitrogen and oxygen atoms in total. The predicted octanol–water partition coefficient (Wildman–Crippen LogP) is 3.10. The summed E-state index contributed by atoms with van der Waals surface area (Å²) in [6.45, 7) is 4.90. The maximum absolute atomic E-state index is 2.45. The molecule has 0 spiro atoms. The summed E-state index contributed by atoms with van der Waals surface area (Å²) in [4.78, 5) is 0. The molecule has 0 aromatic heterocycles. The molecular weight excluding hydrogens is 227 g/mol. The number of rotatable bonds is 3. The number of hydrogen-bond donors (Lipinski definition) is 0. The molecule has 2 rings (SSSR count). The van der Waals surface area contributed by atoms with Gasteiger partial charge in [0.15, 0.2) is 0 Å². The van der Waals surface area contributed by atoms with Crippen molar-refractivity contribution in [2.24, 2.45) is 0 Å². The molecule has 0 atom stereocenters. The van der Waals surface area contributed by atoms with Crippen LogP contribution in [-0.2, 0) is 0 Å². The van der Waals surface area contributed by atoms with Crippen molar-refractivity contribution in [3.63, 3.8) is 0 Å². The van der Waals surface area contributed by atoms with Gasteiger partial charge in [0.2, 0.25) is 0 Å². The Kier molecular flexibility index (Phi) is 3.92. The predicted molar refractivity (Wildman–Crippen MR) is 77.9 cm³/mol. The standard InChI is InChI=1S/C14H17PSi/c1-16(2)15(13-9-5-3-6-10-13)14-11-7-4-8-12-14/h3-12,16H,1-2H3. The first-order valence-electron chi connectivity index (χ1n) is 5.68. The molecule has 0 bridgehead atoms. The van der Waals surface area contributed by atoms with E-state index in [0.29, 0.717) is 0 Å². The van der Waals surface area contributed by atoms with E-state index in [1.54, 1.807) is 0 Å². The van der Waals surface area contributed by atoms with E-state index in [4.69, 9.17) is 0 Å². The van der Waals surface area contributed by atoms with Gasteiger partial charge in [-0.05, 0) is 10.6 Å². The van der Waals surface area contributed by atoms with Crippen LogP contribution < -0.4 is 10.6 Å². The van der Waals surface area contributed by atoms with Gasteiger partial charge >= 0.3 is 0 Å². The quantitative estimate of drug-likeness (QED) is 0.575. The van der Waals surface area contributed by atoms with Gasteiger partial charge in [-0.2, -0.15) is 0 Å². The molecule has 0 fully saturated rings. The minimum atomic E-state index is -0.674. The molecule has 2 aromatic rings. The normalized spacial score (nSPS) is 11.0. The van der Waals surface area contributed by atoms with Crippen molar-refractivity contribution in [1.82, 2.24) is 0 Å². The van der Waals surface area contributed by atoms with Crippen molar-refractivity contribution in [1.29, 1.82) is 0 Å². The smallest absolute Gasteiger partial charge is 0.0677 e. The zero-order valence-corrected chi connectivity index (χ0v) is 11.8. The first-order chi connectivity index (χ1) is 7.79. The Morgan fingerprint density at radius 1 is 0.688 bits per heavy atom. The van der Waals surface area contributed by atoms with E-state index in [2.05, 4.69) is 73.8 Å². The van der Waals surface area contributed by atoms with Crippen LogP contribution in [0.2, 0.25) is 13.1 Å². The van der Waals surface area contributed by atoms with Crippen molar-refractivity contribution in [2.45, 2.75) is 13.1 Å². The van der Waals surface area contributed by atoms with E-state index in [1.165, 1.54) is 10.6 Å². The van der Waals surface area contributed by atoms with Crippen LogP contribution in [0.15, 0.2) is 60.7 Å². The highest BCUT2D eigenvalue weighted by Gasteiger charge is 2.17. The Bertz CT molecular complexity index is 386. The van der Waals surface area contributed by atoms with Gasteiger partial charge in [0.25, 0.3) is 0 Å². The van der Waals surface area contributed by atoms with Crippen LogP contribution in [-0.4, -0.2) is 8.46 Å². The van der Waals surface area contributed by atoms with Crippen LogP contribution in [0.25, 0.3) is 0 Å². The van der Waals surface area contributed by atoms with Gasteiger partial charge in [0.1, 0.15) is 0 Å². The van der Waals surface area contributed by atoms with Crippen LogP contribution in [0.5, 0.6) is 0 Å². The summed E-state index contributed by atoms with van der Waals surface area (Å²) in [7, 11) is -0.745. The van der Waals surface area contributed by atoms with Gasteiger partial charge in [0, 0.05) is 0 Å².